The van der Waals surface area contributed by atoms with Gasteiger partial charge in [0.1, 0.15) is 5.69 Å². The van der Waals surface area contributed by atoms with Gasteiger partial charge in [-0.3, -0.25) is 19.7 Å². The number of hydrogen-bond donors (Lipinski definition) is 1. The van der Waals surface area contributed by atoms with Crippen LogP contribution in [0.2, 0.25) is 0 Å². The summed E-state index contributed by atoms with van der Waals surface area (Å²) in [5.74, 6) is -1.69. The van der Waals surface area contributed by atoms with Crippen molar-refractivity contribution in [3.63, 3.8) is 0 Å². The molecule has 29 heavy (non-hydrogen) atoms. The average Bonchev–Trinajstić information content (AvgIpc) is 2.74. The highest BCUT2D eigenvalue weighted by Gasteiger charge is 2.25. The van der Waals surface area contributed by atoms with E-state index in [4.69, 9.17) is 0 Å². The fraction of sp³-hybridized carbons (Fsp3) is 0.0909. The van der Waals surface area contributed by atoms with E-state index in [0.717, 1.165) is 11.1 Å². The van der Waals surface area contributed by atoms with E-state index < -0.39 is 16.7 Å². The Kier molecular flexibility index (Phi) is 6.32. The zero-order valence-electron chi connectivity index (χ0n) is 15.5. The molecule has 0 aliphatic carbocycles. The molecule has 0 saturated heterocycles. The Balaban J connectivity index is 1.81. The van der Waals surface area contributed by atoms with Crippen LogP contribution in [0.25, 0.3) is 0 Å². The molecule has 7 heteroatoms. The zero-order chi connectivity index (χ0) is 20.6. The minimum Gasteiger partial charge on any atom is -0.326 e. The van der Waals surface area contributed by atoms with Crippen molar-refractivity contribution in [1.29, 1.82) is 0 Å². The Labute approximate surface area is 167 Å². The van der Waals surface area contributed by atoms with Gasteiger partial charge < -0.3 is 10.2 Å². The van der Waals surface area contributed by atoms with Crippen LogP contribution in [0.3, 0.4) is 0 Å². The van der Waals surface area contributed by atoms with Crippen LogP contribution in [0.5, 0.6) is 0 Å². The van der Waals surface area contributed by atoms with Gasteiger partial charge in [-0.15, -0.1) is 0 Å². The second kappa shape index (κ2) is 9.27. The van der Waals surface area contributed by atoms with Crippen molar-refractivity contribution in [3.8, 4) is 0 Å². The maximum absolute atomic E-state index is 12.9. The van der Waals surface area contributed by atoms with E-state index in [2.05, 4.69) is 5.32 Å². The lowest BCUT2D eigenvalue weighted by molar-refractivity contribution is -0.383. The molecule has 0 bridgehead atoms. The zero-order valence-corrected chi connectivity index (χ0v) is 15.5. The highest BCUT2D eigenvalue weighted by atomic mass is 16.6. The molecular weight excluding hydrogens is 370 g/mol. The minimum atomic E-state index is -0.925. The summed E-state index contributed by atoms with van der Waals surface area (Å²) in [6, 6.07) is 24.3. The molecule has 146 valence electrons. The summed E-state index contributed by atoms with van der Waals surface area (Å²) in [5, 5.41) is 13.5. The molecule has 3 aromatic rings. The molecule has 1 N–H and O–H groups in total. The smallest absolute Gasteiger partial charge is 0.314 e. The molecule has 0 aromatic heterocycles. The first kappa shape index (κ1) is 19.8. The van der Waals surface area contributed by atoms with Crippen LogP contribution in [-0.4, -0.2) is 21.6 Å². The van der Waals surface area contributed by atoms with Gasteiger partial charge in [0.05, 0.1) is 4.92 Å². The van der Waals surface area contributed by atoms with E-state index in [1.165, 1.54) is 23.1 Å². The van der Waals surface area contributed by atoms with Gasteiger partial charge in [0, 0.05) is 19.2 Å². The van der Waals surface area contributed by atoms with Crippen LogP contribution in [0.4, 0.5) is 11.4 Å². The van der Waals surface area contributed by atoms with Crippen LogP contribution >= 0.6 is 0 Å². The number of rotatable bonds is 6. The number of carbonyl (C=O) groups excluding carboxylic acids is 2. The summed E-state index contributed by atoms with van der Waals surface area (Å²) >= 11 is 0. The SMILES string of the molecule is O=C(Nc1ccccc1[N+](=O)[O-])C(=O)N(Cc1ccccc1)Cc1ccccc1. The molecule has 0 spiro atoms. The van der Waals surface area contributed by atoms with E-state index in [1.807, 2.05) is 60.7 Å². The topological polar surface area (TPSA) is 92.5 Å². The number of amides is 2. The van der Waals surface area contributed by atoms with Crippen LogP contribution in [0, 0.1) is 10.1 Å². The van der Waals surface area contributed by atoms with Crippen molar-refractivity contribution >= 4 is 23.2 Å². The van der Waals surface area contributed by atoms with E-state index in [-0.39, 0.29) is 24.5 Å². The number of nitro groups is 1. The van der Waals surface area contributed by atoms with Crippen LogP contribution in [0.1, 0.15) is 11.1 Å². The van der Waals surface area contributed by atoms with Crippen LogP contribution in [0.15, 0.2) is 84.9 Å². The summed E-state index contributed by atoms with van der Waals surface area (Å²) in [7, 11) is 0. The lowest BCUT2D eigenvalue weighted by atomic mass is 10.1. The van der Waals surface area contributed by atoms with E-state index in [1.54, 1.807) is 6.07 Å². The number of para-hydroxylation sites is 2. The number of anilines is 1. The maximum Gasteiger partial charge on any atom is 0.314 e. The standard InChI is InChI=1S/C22H19N3O4/c26-21(23-19-13-7-8-14-20(19)25(28)29)22(27)24(15-17-9-3-1-4-10-17)16-18-11-5-2-6-12-18/h1-14H,15-16H2,(H,23,26). The van der Waals surface area contributed by atoms with Crippen LogP contribution < -0.4 is 5.32 Å². The van der Waals surface area contributed by atoms with Crippen molar-refractivity contribution in [2.45, 2.75) is 13.1 Å². The Morgan fingerprint density at radius 2 is 1.28 bits per heavy atom. The largest absolute Gasteiger partial charge is 0.326 e. The summed E-state index contributed by atoms with van der Waals surface area (Å²) in [4.78, 5) is 37.4. The summed E-state index contributed by atoms with van der Waals surface area (Å²) in [6.07, 6.45) is 0. The number of benzene rings is 3. The summed E-state index contributed by atoms with van der Waals surface area (Å²) in [5.41, 5.74) is 1.45. The second-order valence-electron chi connectivity index (χ2n) is 6.36. The molecule has 0 unspecified atom stereocenters. The predicted octanol–water partition coefficient (Wildman–Crippen LogP) is 3.76. The van der Waals surface area contributed by atoms with Crippen molar-refractivity contribution in [2.75, 3.05) is 5.32 Å². The third kappa shape index (κ3) is 5.26. The number of carbonyl (C=O) groups is 2. The van der Waals surface area contributed by atoms with Gasteiger partial charge in [0.25, 0.3) is 5.69 Å². The molecule has 7 nitrogen and oxygen atoms in total. The molecule has 0 saturated carbocycles. The Hall–Kier alpha value is -4.00. The molecule has 0 aliphatic heterocycles. The molecule has 0 radical (unpaired) electrons. The maximum atomic E-state index is 12.9. The van der Waals surface area contributed by atoms with Crippen molar-refractivity contribution in [1.82, 2.24) is 4.90 Å². The first-order valence-electron chi connectivity index (χ1n) is 8.96. The Morgan fingerprint density at radius 3 is 1.79 bits per heavy atom. The third-order valence-electron chi connectivity index (χ3n) is 4.26. The monoisotopic (exact) mass is 389 g/mol. The van der Waals surface area contributed by atoms with E-state index in [0.29, 0.717) is 0 Å². The number of nitro benzene ring substituents is 1. The van der Waals surface area contributed by atoms with Gasteiger partial charge in [-0.1, -0.05) is 72.8 Å². The quantitative estimate of drug-likeness (QED) is 0.395. The fourth-order valence-corrected chi connectivity index (χ4v) is 2.87. The highest BCUT2D eigenvalue weighted by Crippen LogP contribution is 2.23. The Bertz CT molecular complexity index is 965. The van der Waals surface area contributed by atoms with Gasteiger partial charge in [-0.25, -0.2) is 0 Å². The first-order valence-corrected chi connectivity index (χ1v) is 8.96. The average molecular weight is 389 g/mol. The van der Waals surface area contributed by atoms with Gasteiger partial charge in [0.2, 0.25) is 0 Å². The molecule has 3 aromatic carbocycles. The minimum absolute atomic E-state index is 0.0183. The first-order chi connectivity index (χ1) is 14.0. The molecule has 0 aliphatic rings. The van der Waals surface area contributed by atoms with E-state index in [9.17, 15) is 19.7 Å². The highest BCUT2D eigenvalue weighted by molar-refractivity contribution is 6.39. The Morgan fingerprint density at radius 1 is 0.793 bits per heavy atom. The second-order valence-corrected chi connectivity index (χ2v) is 6.36. The number of nitrogens with zero attached hydrogens (tertiary/aromatic N) is 2. The molecule has 0 atom stereocenters. The van der Waals surface area contributed by atoms with Gasteiger partial charge in [-0.05, 0) is 17.2 Å². The van der Waals surface area contributed by atoms with Crippen molar-refractivity contribution < 1.29 is 14.5 Å². The predicted molar refractivity (Wildman–Crippen MR) is 109 cm³/mol. The third-order valence-corrected chi connectivity index (χ3v) is 4.26. The van der Waals surface area contributed by atoms with Gasteiger partial charge in [0.15, 0.2) is 0 Å². The molecule has 0 fully saturated rings. The number of hydrogen-bond acceptors (Lipinski definition) is 4. The summed E-state index contributed by atoms with van der Waals surface area (Å²) < 4.78 is 0. The molecule has 3 rings (SSSR count). The number of nitrogens with one attached hydrogen (secondary N) is 1. The lowest BCUT2D eigenvalue weighted by Crippen LogP contribution is -2.39. The summed E-state index contributed by atoms with van der Waals surface area (Å²) in [6.45, 7) is 0.470. The van der Waals surface area contributed by atoms with Crippen molar-refractivity contribution in [3.05, 3.63) is 106 Å². The van der Waals surface area contributed by atoms with Crippen LogP contribution in [-0.2, 0) is 22.7 Å². The van der Waals surface area contributed by atoms with Gasteiger partial charge in [-0.2, -0.15) is 0 Å². The molecule has 2 amide bonds. The molecule has 0 heterocycles. The van der Waals surface area contributed by atoms with Gasteiger partial charge >= 0.3 is 11.8 Å². The van der Waals surface area contributed by atoms with E-state index >= 15 is 0 Å². The normalized spacial score (nSPS) is 10.2. The fourth-order valence-electron chi connectivity index (χ4n) is 2.87. The lowest BCUT2D eigenvalue weighted by Gasteiger charge is -2.22. The van der Waals surface area contributed by atoms with Crippen molar-refractivity contribution in [2.24, 2.45) is 0 Å². The molecular formula is C22H19N3O4.